The fourth-order valence-electron chi connectivity index (χ4n) is 1.35. The lowest BCUT2D eigenvalue weighted by molar-refractivity contribution is 0.631. The topological polar surface area (TPSA) is 0 Å². The van der Waals surface area contributed by atoms with Gasteiger partial charge in [0.25, 0.3) is 0 Å². The Morgan fingerprint density at radius 3 is 2.50 bits per heavy atom. The number of benzene rings is 1. The second-order valence-corrected chi connectivity index (χ2v) is 5.60. The third kappa shape index (κ3) is 1.74. The van der Waals surface area contributed by atoms with Crippen LogP contribution in [0.4, 0.5) is 4.39 Å². The molecule has 0 fully saturated rings. The molecule has 14 heavy (non-hydrogen) atoms. The Bertz CT molecular complexity index is 462. The van der Waals surface area contributed by atoms with E-state index in [0.29, 0.717) is 5.56 Å². The Balaban J connectivity index is 2.60. The molecule has 0 aliphatic carbocycles. The molecule has 0 spiro atoms. The lowest BCUT2D eigenvalue weighted by Gasteiger charge is -2.00. The minimum atomic E-state index is -0.175. The Kier molecular flexibility index (Phi) is 2.70. The van der Waals surface area contributed by atoms with Gasteiger partial charge in [-0.25, -0.2) is 4.39 Å². The normalized spacial score (nSPS) is 10.5. The molecule has 0 nitrogen and oxygen atoms in total. The van der Waals surface area contributed by atoms with Crippen molar-refractivity contribution in [2.75, 3.05) is 0 Å². The van der Waals surface area contributed by atoms with Gasteiger partial charge in [-0.2, -0.15) is 0 Å². The first kappa shape index (κ1) is 9.87. The van der Waals surface area contributed by atoms with Crippen molar-refractivity contribution >= 4 is 27.3 Å². The fourth-order valence-corrected chi connectivity index (χ4v) is 3.18. The molecule has 0 N–H and O–H groups in total. The van der Waals surface area contributed by atoms with Crippen LogP contribution in [0.5, 0.6) is 0 Å². The van der Waals surface area contributed by atoms with Crippen molar-refractivity contribution < 1.29 is 4.39 Å². The maximum absolute atomic E-state index is 13.4. The third-order valence-corrected chi connectivity index (χ3v) is 3.73. The van der Waals surface area contributed by atoms with E-state index in [0.717, 1.165) is 9.35 Å². The summed E-state index contributed by atoms with van der Waals surface area (Å²) < 4.78 is 14.4. The standard InChI is InChI=1S/C11H8BrFS/c1-7-6-9(11(12)14-7)8-4-2-3-5-10(8)13/h2-6H,1H3. The number of hydrogen-bond acceptors (Lipinski definition) is 1. The molecule has 72 valence electrons. The molecule has 0 atom stereocenters. The van der Waals surface area contributed by atoms with Gasteiger partial charge in [0, 0.05) is 16.0 Å². The van der Waals surface area contributed by atoms with Crippen LogP contribution in [0.25, 0.3) is 11.1 Å². The molecule has 2 aromatic rings. The highest BCUT2D eigenvalue weighted by molar-refractivity contribution is 9.11. The number of thiophene rings is 1. The van der Waals surface area contributed by atoms with Crippen molar-refractivity contribution in [3.8, 4) is 11.1 Å². The zero-order valence-corrected chi connectivity index (χ0v) is 9.95. The van der Waals surface area contributed by atoms with E-state index >= 15 is 0 Å². The number of hydrogen-bond donors (Lipinski definition) is 0. The van der Waals surface area contributed by atoms with Crippen LogP contribution >= 0.6 is 27.3 Å². The summed E-state index contributed by atoms with van der Waals surface area (Å²) in [6, 6.07) is 8.81. The molecular weight excluding hydrogens is 263 g/mol. The quantitative estimate of drug-likeness (QED) is 0.709. The zero-order valence-electron chi connectivity index (χ0n) is 7.55. The van der Waals surface area contributed by atoms with Gasteiger partial charge < -0.3 is 0 Å². The summed E-state index contributed by atoms with van der Waals surface area (Å²) in [5.74, 6) is -0.175. The average Bonchev–Trinajstić information content (AvgIpc) is 2.46. The molecule has 1 heterocycles. The van der Waals surface area contributed by atoms with Gasteiger partial charge >= 0.3 is 0 Å². The van der Waals surface area contributed by atoms with Gasteiger partial charge in [0.05, 0.1) is 3.79 Å². The van der Waals surface area contributed by atoms with Crippen molar-refractivity contribution in [1.29, 1.82) is 0 Å². The van der Waals surface area contributed by atoms with Gasteiger partial charge in [0.15, 0.2) is 0 Å². The van der Waals surface area contributed by atoms with Crippen LogP contribution in [0.2, 0.25) is 0 Å². The number of aryl methyl sites for hydroxylation is 1. The molecule has 0 amide bonds. The van der Waals surface area contributed by atoms with Crippen molar-refractivity contribution in [3.63, 3.8) is 0 Å². The maximum Gasteiger partial charge on any atom is 0.131 e. The monoisotopic (exact) mass is 270 g/mol. The molecule has 0 bridgehead atoms. The summed E-state index contributed by atoms with van der Waals surface area (Å²) in [6.07, 6.45) is 0. The van der Waals surface area contributed by atoms with E-state index in [1.165, 1.54) is 10.9 Å². The van der Waals surface area contributed by atoms with Crippen LogP contribution in [0.3, 0.4) is 0 Å². The predicted molar refractivity (Wildman–Crippen MR) is 62.2 cm³/mol. The van der Waals surface area contributed by atoms with Crippen molar-refractivity contribution in [2.24, 2.45) is 0 Å². The Morgan fingerprint density at radius 1 is 1.21 bits per heavy atom. The summed E-state index contributed by atoms with van der Waals surface area (Å²) in [7, 11) is 0. The largest absolute Gasteiger partial charge is 0.206 e. The lowest BCUT2D eigenvalue weighted by atomic mass is 10.1. The smallest absolute Gasteiger partial charge is 0.131 e. The molecule has 0 radical (unpaired) electrons. The minimum Gasteiger partial charge on any atom is -0.206 e. The second-order valence-electron chi connectivity index (χ2n) is 3.02. The van der Waals surface area contributed by atoms with Gasteiger partial charge in [-0.05, 0) is 35.0 Å². The molecule has 3 heteroatoms. The highest BCUT2D eigenvalue weighted by Gasteiger charge is 2.10. The first-order valence-corrected chi connectivity index (χ1v) is 5.80. The predicted octanol–water partition coefficient (Wildman–Crippen LogP) is 4.63. The summed E-state index contributed by atoms with van der Waals surface area (Å²) in [5.41, 5.74) is 1.59. The van der Waals surface area contributed by atoms with E-state index in [4.69, 9.17) is 0 Å². The molecule has 1 aromatic carbocycles. The van der Waals surface area contributed by atoms with Gasteiger partial charge in [-0.1, -0.05) is 18.2 Å². The van der Waals surface area contributed by atoms with Gasteiger partial charge in [-0.15, -0.1) is 11.3 Å². The zero-order chi connectivity index (χ0) is 10.1. The minimum absolute atomic E-state index is 0.175. The molecule has 0 aliphatic rings. The molecule has 1 aromatic heterocycles. The number of halogens is 2. The molecule has 0 saturated heterocycles. The van der Waals surface area contributed by atoms with E-state index < -0.39 is 0 Å². The van der Waals surface area contributed by atoms with Crippen LogP contribution in [-0.4, -0.2) is 0 Å². The van der Waals surface area contributed by atoms with Crippen LogP contribution in [0.15, 0.2) is 34.1 Å². The van der Waals surface area contributed by atoms with Gasteiger partial charge in [0.1, 0.15) is 5.82 Å². The Morgan fingerprint density at radius 2 is 1.93 bits per heavy atom. The molecule has 0 aliphatic heterocycles. The summed E-state index contributed by atoms with van der Waals surface area (Å²) >= 11 is 5.06. The molecule has 2 rings (SSSR count). The Labute approximate surface area is 94.5 Å². The molecule has 0 saturated carbocycles. The highest BCUT2D eigenvalue weighted by Crippen LogP contribution is 2.36. The van der Waals surface area contributed by atoms with Gasteiger partial charge in [-0.3, -0.25) is 0 Å². The molecular formula is C11H8BrFS. The second kappa shape index (κ2) is 3.83. The van der Waals surface area contributed by atoms with Crippen molar-refractivity contribution in [3.05, 3.63) is 44.8 Å². The van der Waals surface area contributed by atoms with Crippen LogP contribution in [-0.2, 0) is 0 Å². The first-order valence-electron chi connectivity index (χ1n) is 4.19. The van der Waals surface area contributed by atoms with E-state index in [1.807, 2.05) is 19.1 Å². The van der Waals surface area contributed by atoms with Crippen LogP contribution < -0.4 is 0 Å². The van der Waals surface area contributed by atoms with E-state index in [-0.39, 0.29) is 5.82 Å². The fraction of sp³-hybridized carbons (Fsp3) is 0.0909. The van der Waals surface area contributed by atoms with Crippen molar-refractivity contribution in [1.82, 2.24) is 0 Å². The van der Waals surface area contributed by atoms with Crippen LogP contribution in [0, 0.1) is 12.7 Å². The van der Waals surface area contributed by atoms with Crippen LogP contribution in [0.1, 0.15) is 4.88 Å². The van der Waals surface area contributed by atoms with Crippen molar-refractivity contribution in [2.45, 2.75) is 6.92 Å². The third-order valence-electron chi connectivity index (χ3n) is 1.97. The van der Waals surface area contributed by atoms with E-state index in [1.54, 1.807) is 23.5 Å². The van der Waals surface area contributed by atoms with Gasteiger partial charge in [0.2, 0.25) is 0 Å². The highest BCUT2D eigenvalue weighted by atomic mass is 79.9. The number of rotatable bonds is 1. The van der Waals surface area contributed by atoms with E-state index in [9.17, 15) is 4.39 Å². The van der Waals surface area contributed by atoms with E-state index in [2.05, 4.69) is 15.9 Å². The summed E-state index contributed by atoms with van der Waals surface area (Å²) in [5, 5.41) is 0. The SMILES string of the molecule is Cc1cc(-c2ccccc2F)c(Br)s1. The lowest BCUT2D eigenvalue weighted by Crippen LogP contribution is -1.80. The summed E-state index contributed by atoms with van der Waals surface area (Å²) in [4.78, 5) is 1.18. The summed E-state index contributed by atoms with van der Waals surface area (Å²) in [6.45, 7) is 2.01. The Hall–Kier alpha value is -0.670. The average molecular weight is 271 g/mol. The molecule has 0 unspecified atom stereocenters. The first-order chi connectivity index (χ1) is 6.68. The maximum atomic E-state index is 13.4.